The van der Waals surface area contributed by atoms with Crippen LogP contribution >= 0.6 is 0 Å². The molecule has 14 heavy (non-hydrogen) atoms. The van der Waals surface area contributed by atoms with Crippen molar-refractivity contribution in [3.05, 3.63) is 12.7 Å². The van der Waals surface area contributed by atoms with Gasteiger partial charge in [-0.3, -0.25) is 0 Å². The highest BCUT2D eigenvalue weighted by molar-refractivity contribution is 6.44. The van der Waals surface area contributed by atoms with Crippen LogP contribution in [-0.4, -0.2) is 22.5 Å². The molecule has 3 heteroatoms. The Bertz CT molecular complexity index is 118. The van der Waals surface area contributed by atoms with Crippen molar-refractivity contribution < 1.29 is 8.85 Å². The van der Waals surface area contributed by atoms with Gasteiger partial charge in [0.25, 0.3) is 0 Å². The molecule has 0 saturated carbocycles. The lowest BCUT2D eigenvalue weighted by molar-refractivity contribution is 0.194. The first-order valence-electron chi connectivity index (χ1n) is 5.57. The maximum absolute atomic E-state index is 5.68. The van der Waals surface area contributed by atoms with Crippen LogP contribution < -0.4 is 0 Å². The van der Waals surface area contributed by atoms with E-state index in [-0.39, 0.29) is 0 Å². The van der Waals surface area contributed by atoms with Gasteiger partial charge in [-0.25, -0.2) is 0 Å². The van der Waals surface area contributed by atoms with Crippen molar-refractivity contribution in [2.24, 2.45) is 0 Å². The lowest BCUT2D eigenvalue weighted by Gasteiger charge is -2.13. The molecule has 2 nitrogen and oxygen atoms in total. The first-order chi connectivity index (χ1) is 6.85. The summed E-state index contributed by atoms with van der Waals surface area (Å²) >= 11 is 0. The first-order valence-corrected chi connectivity index (χ1v) is 7.09. The van der Waals surface area contributed by atoms with Gasteiger partial charge in [0.1, 0.15) is 0 Å². The molecule has 0 amide bonds. The Morgan fingerprint density at radius 1 is 1.07 bits per heavy atom. The Kier molecular flexibility index (Phi) is 10.9. The summed E-state index contributed by atoms with van der Waals surface area (Å²) in [7, 11) is -1.06. The van der Waals surface area contributed by atoms with E-state index in [0.717, 1.165) is 32.1 Å². The number of allylic oxidation sites excluding steroid dienone is 1. The van der Waals surface area contributed by atoms with Gasteiger partial charge >= 0.3 is 9.28 Å². The molecule has 0 heterocycles. The first kappa shape index (κ1) is 13.9. The van der Waals surface area contributed by atoms with Crippen molar-refractivity contribution in [2.75, 3.05) is 13.2 Å². The van der Waals surface area contributed by atoms with Crippen LogP contribution in [-0.2, 0) is 8.85 Å². The molecule has 0 aliphatic carbocycles. The standard InChI is InChI=1S/C11H23O2Si/c1-4-7-9-12-14(11-6-3)13-10-8-5-2/h6H,3-5,7-11H2,1-2H3. The maximum atomic E-state index is 5.68. The fourth-order valence-electron chi connectivity index (χ4n) is 0.938. The van der Waals surface area contributed by atoms with E-state index in [1.165, 1.54) is 12.8 Å². The number of unbranched alkanes of at least 4 members (excludes halogenated alkanes) is 2. The zero-order chi connectivity index (χ0) is 10.6. The Hall–Kier alpha value is -0.123. The minimum absolute atomic E-state index is 0.838. The summed E-state index contributed by atoms with van der Waals surface area (Å²) < 4.78 is 11.4. The highest BCUT2D eigenvalue weighted by Gasteiger charge is 2.12. The molecule has 0 aliphatic heterocycles. The van der Waals surface area contributed by atoms with Crippen LogP contribution in [0.1, 0.15) is 39.5 Å². The molecule has 0 aromatic rings. The fraction of sp³-hybridized carbons (Fsp3) is 0.818. The summed E-state index contributed by atoms with van der Waals surface area (Å²) in [6.45, 7) is 9.73. The van der Waals surface area contributed by atoms with E-state index < -0.39 is 9.28 Å². The van der Waals surface area contributed by atoms with Crippen LogP contribution in [0, 0.1) is 0 Å². The molecule has 0 saturated heterocycles. The third kappa shape index (κ3) is 8.47. The van der Waals surface area contributed by atoms with Crippen LogP contribution in [0.5, 0.6) is 0 Å². The SMILES string of the molecule is C=CC[Si](OCCCC)OCCCC. The Morgan fingerprint density at radius 2 is 1.57 bits per heavy atom. The summed E-state index contributed by atoms with van der Waals surface area (Å²) in [6, 6.07) is 0.887. The van der Waals surface area contributed by atoms with Crippen LogP contribution in [0.15, 0.2) is 12.7 Å². The van der Waals surface area contributed by atoms with Crippen molar-refractivity contribution in [1.29, 1.82) is 0 Å². The van der Waals surface area contributed by atoms with Gasteiger partial charge in [0.15, 0.2) is 0 Å². The number of rotatable bonds is 10. The van der Waals surface area contributed by atoms with Gasteiger partial charge in [0.05, 0.1) is 0 Å². The molecule has 0 unspecified atom stereocenters. The van der Waals surface area contributed by atoms with E-state index in [2.05, 4.69) is 20.4 Å². The van der Waals surface area contributed by atoms with Crippen LogP contribution in [0.25, 0.3) is 0 Å². The van der Waals surface area contributed by atoms with E-state index in [1.54, 1.807) is 0 Å². The molecule has 0 N–H and O–H groups in total. The average Bonchev–Trinajstić information content (AvgIpc) is 2.18. The van der Waals surface area contributed by atoms with Gasteiger partial charge in [-0.1, -0.05) is 32.8 Å². The van der Waals surface area contributed by atoms with Crippen molar-refractivity contribution in [2.45, 2.75) is 45.6 Å². The second kappa shape index (κ2) is 11.0. The fourth-order valence-corrected chi connectivity index (χ4v) is 2.24. The van der Waals surface area contributed by atoms with E-state index in [9.17, 15) is 0 Å². The second-order valence-electron chi connectivity index (χ2n) is 3.27. The van der Waals surface area contributed by atoms with E-state index in [0.29, 0.717) is 0 Å². The zero-order valence-electron chi connectivity index (χ0n) is 9.55. The second-order valence-corrected chi connectivity index (χ2v) is 5.00. The predicted molar refractivity (Wildman–Crippen MR) is 62.5 cm³/mol. The molecule has 0 bridgehead atoms. The van der Waals surface area contributed by atoms with Gasteiger partial charge in [0, 0.05) is 19.3 Å². The van der Waals surface area contributed by atoms with Crippen molar-refractivity contribution in [3.8, 4) is 0 Å². The molecular weight excluding hydrogens is 192 g/mol. The lowest BCUT2D eigenvalue weighted by atomic mass is 10.4. The number of hydrogen-bond donors (Lipinski definition) is 0. The molecule has 0 aliphatic rings. The van der Waals surface area contributed by atoms with Crippen LogP contribution in [0.4, 0.5) is 0 Å². The minimum atomic E-state index is -1.06. The quantitative estimate of drug-likeness (QED) is 0.316. The van der Waals surface area contributed by atoms with Crippen molar-refractivity contribution in [1.82, 2.24) is 0 Å². The van der Waals surface area contributed by atoms with Gasteiger partial charge in [-0.15, -0.1) is 6.58 Å². The van der Waals surface area contributed by atoms with E-state index >= 15 is 0 Å². The van der Waals surface area contributed by atoms with Crippen LogP contribution in [0.2, 0.25) is 6.04 Å². The largest absolute Gasteiger partial charge is 0.393 e. The Labute approximate surface area is 90.2 Å². The summed E-state index contributed by atoms with van der Waals surface area (Å²) in [5.74, 6) is 0. The highest BCUT2D eigenvalue weighted by atomic mass is 28.3. The Balaban J connectivity index is 3.49. The van der Waals surface area contributed by atoms with Gasteiger partial charge in [0.2, 0.25) is 0 Å². The highest BCUT2D eigenvalue weighted by Crippen LogP contribution is 2.02. The average molecular weight is 215 g/mol. The normalized spacial score (nSPS) is 10.8. The molecule has 0 spiro atoms. The summed E-state index contributed by atoms with van der Waals surface area (Å²) in [5.41, 5.74) is 0. The third-order valence-corrected chi connectivity index (χ3v) is 3.51. The van der Waals surface area contributed by atoms with Gasteiger partial charge in [-0.05, 0) is 12.8 Å². The monoisotopic (exact) mass is 215 g/mol. The lowest BCUT2D eigenvalue weighted by Crippen LogP contribution is -2.23. The molecule has 0 aromatic heterocycles. The van der Waals surface area contributed by atoms with Crippen molar-refractivity contribution in [3.63, 3.8) is 0 Å². The molecule has 0 atom stereocenters. The van der Waals surface area contributed by atoms with Gasteiger partial charge in [-0.2, -0.15) is 0 Å². The predicted octanol–water partition coefficient (Wildman–Crippen LogP) is 3.29. The topological polar surface area (TPSA) is 18.5 Å². The van der Waals surface area contributed by atoms with Gasteiger partial charge < -0.3 is 8.85 Å². The maximum Gasteiger partial charge on any atom is 0.388 e. The Morgan fingerprint density at radius 3 is 1.93 bits per heavy atom. The summed E-state index contributed by atoms with van der Waals surface area (Å²) in [4.78, 5) is 0. The van der Waals surface area contributed by atoms with E-state index in [1.807, 2.05) is 6.08 Å². The molecule has 83 valence electrons. The molecule has 0 fully saturated rings. The summed E-state index contributed by atoms with van der Waals surface area (Å²) in [5, 5.41) is 0. The summed E-state index contributed by atoms with van der Waals surface area (Å²) in [6.07, 6.45) is 6.51. The van der Waals surface area contributed by atoms with Crippen molar-refractivity contribution >= 4 is 9.28 Å². The van der Waals surface area contributed by atoms with E-state index in [4.69, 9.17) is 8.85 Å². The third-order valence-electron chi connectivity index (χ3n) is 1.83. The molecule has 0 aromatic carbocycles. The number of hydrogen-bond acceptors (Lipinski definition) is 2. The van der Waals surface area contributed by atoms with Crippen LogP contribution in [0.3, 0.4) is 0 Å². The molecule has 1 radical (unpaired) electrons. The molecular formula is C11H23O2Si. The molecule has 0 rings (SSSR count). The minimum Gasteiger partial charge on any atom is -0.393 e. The smallest absolute Gasteiger partial charge is 0.388 e. The zero-order valence-corrected chi connectivity index (χ0v) is 10.6.